The number of benzene rings is 1. The van der Waals surface area contributed by atoms with Crippen molar-refractivity contribution >= 4 is 39.6 Å². The Morgan fingerprint density at radius 1 is 1.27 bits per heavy atom. The summed E-state index contributed by atoms with van der Waals surface area (Å²) in [6, 6.07) is 7.81. The summed E-state index contributed by atoms with van der Waals surface area (Å²) in [6.45, 7) is 3.78. The van der Waals surface area contributed by atoms with Gasteiger partial charge in [0.1, 0.15) is 0 Å². The van der Waals surface area contributed by atoms with Gasteiger partial charge in [-0.05, 0) is 57.4 Å². The first-order chi connectivity index (χ1) is 10.3. The molecule has 0 bridgehead atoms. The van der Waals surface area contributed by atoms with Crippen LogP contribution in [-0.2, 0) is 9.59 Å². The largest absolute Gasteiger partial charge is 0.481 e. The van der Waals surface area contributed by atoms with Crippen molar-refractivity contribution in [3.8, 4) is 0 Å². The Hall–Kier alpha value is -1.01. The van der Waals surface area contributed by atoms with Crippen molar-refractivity contribution in [1.82, 2.24) is 5.32 Å². The van der Waals surface area contributed by atoms with Crippen LogP contribution in [0.4, 0.5) is 0 Å². The molecule has 0 aromatic heterocycles. The molecule has 0 heterocycles. The highest BCUT2D eigenvalue weighted by molar-refractivity contribution is 9.10. The van der Waals surface area contributed by atoms with Gasteiger partial charge in [0, 0.05) is 15.4 Å². The first-order valence-electron chi connectivity index (χ1n) is 7.26. The molecule has 1 fully saturated rings. The fraction of sp³-hybridized carbons (Fsp3) is 0.500. The summed E-state index contributed by atoms with van der Waals surface area (Å²) in [5, 5.41) is 12.0. The van der Waals surface area contributed by atoms with Gasteiger partial charge >= 0.3 is 5.97 Å². The second-order valence-corrected chi connectivity index (χ2v) is 8.70. The Balaban J connectivity index is 1.93. The topological polar surface area (TPSA) is 66.4 Å². The fourth-order valence-electron chi connectivity index (χ4n) is 2.54. The van der Waals surface area contributed by atoms with Gasteiger partial charge < -0.3 is 10.4 Å². The molecule has 6 heteroatoms. The third-order valence-corrected chi connectivity index (χ3v) is 5.58. The SMILES string of the molecule is CC(C)(Sc1ccc(Br)cc1)C(=O)N[C@@H]1CC[C@H](C(=O)O)C1. The molecule has 2 rings (SSSR count). The molecule has 4 nitrogen and oxygen atoms in total. The van der Waals surface area contributed by atoms with E-state index in [2.05, 4.69) is 21.2 Å². The highest BCUT2D eigenvalue weighted by Gasteiger charge is 2.35. The van der Waals surface area contributed by atoms with E-state index >= 15 is 0 Å². The number of nitrogens with one attached hydrogen (secondary N) is 1. The van der Waals surface area contributed by atoms with Crippen LogP contribution in [-0.4, -0.2) is 27.8 Å². The van der Waals surface area contributed by atoms with Gasteiger partial charge in [-0.3, -0.25) is 9.59 Å². The van der Waals surface area contributed by atoms with E-state index in [1.807, 2.05) is 38.1 Å². The number of thioether (sulfide) groups is 1. The maximum atomic E-state index is 12.5. The molecule has 1 aliphatic carbocycles. The van der Waals surface area contributed by atoms with Crippen LogP contribution in [0.2, 0.25) is 0 Å². The zero-order valence-electron chi connectivity index (χ0n) is 12.6. The molecule has 1 amide bonds. The first kappa shape index (κ1) is 17.3. The van der Waals surface area contributed by atoms with Crippen LogP contribution >= 0.6 is 27.7 Å². The third-order valence-electron chi connectivity index (χ3n) is 3.85. The van der Waals surface area contributed by atoms with Crippen LogP contribution in [0.1, 0.15) is 33.1 Å². The first-order valence-corrected chi connectivity index (χ1v) is 8.87. The highest BCUT2D eigenvalue weighted by Crippen LogP contribution is 2.34. The molecule has 0 unspecified atom stereocenters. The zero-order valence-corrected chi connectivity index (χ0v) is 15.0. The van der Waals surface area contributed by atoms with Gasteiger partial charge in [-0.15, -0.1) is 11.8 Å². The van der Waals surface area contributed by atoms with Gasteiger partial charge in [0.25, 0.3) is 0 Å². The predicted molar refractivity (Wildman–Crippen MR) is 91.0 cm³/mol. The quantitative estimate of drug-likeness (QED) is 0.758. The van der Waals surface area contributed by atoms with Crippen molar-refractivity contribution in [3.05, 3.63) is 28.7 Å². The van der Waals surface area contributed by atoms with Crippen molar-refractivity contribution in [3.63, 3.8) is 0 Å². The molecule has 1 aliphatic rings. The maximum Gasteiger partial charge on any atom is 0.306 e. The number of rotatable bonds is 5. The van der Waals surface area contributed by atoms with E-state index in [0.717, 1.165) is 15.8 Å². The van der Waals surface area contributed by atoms with Gasteiger partial charge in [-0.2, -0.15) is 0 Å². The van der Waals surface area contributed by atoms with Crippen LogP contribution in [0.15, 0.2) is 33.6 Å². The van der Waals surface area contributed by atoms with Gasteiger partial charge in [0.15, 0.2) is 0 Å². The lowest BCUT2D eigenvalue weighted by Gasteiger charge is -2.25. The number of carbonyl (C=O) groups is 2. The van der Waals surface area contributed by atoms with Crippen LogP contribution in [0.3, 0.4) is 0 Å². The summed E-state index contributed by atoms with van der Waals surface area (Å²) < 4.78 is 0.402. The van der Waals surface area contributed by atoms with Gasteiger partial charge in [-0.25, -0.2) is 0 Å². The summed E-state index contributed by atoms with van der Waals surface area (Å²) in [5.74, 6) is -1.13. The average molecular weight is 386 g/mol. The third kappa shape index (κ3) is 4.49. The van der Waals surface area contributed by atoms with Crippen molar-refractivity contribution in [1.29, 1.82) is 0 Å². The molecule has 22 heavy (non-hydrogen) atoms. The Labute approximate surface area is 143 Å². The minimum atomic E-state index is -0.764. The minimum absolute atomic E-state index is 0.0293. The smallest absolute Gasteiger partial charge is 0.306 e. The highest BCUT2D eigenvalue weighted by atomic mass is 79.9. The average Bonchev–Trinajstić information content (AvgIpc) is 2.90. The number of amides is 1. The Bertz CT molecular complexity index is 559. The molecule has 0 radical (unpaired) electrons. The maximum absolute atomic E-state index is 12.5. The molecule has 1 aromatic rings. The molecule has 0 spiro atoms. The van der Waals surface area contributed by atoms with Gasteiger partial charge in [0.05, 0.1) is 10.7 Å². The van der Waals surface area contributed by atoms with E-state index in [1.54, 1.807) is 0 Å². The van der Waals surface area contributed by atoms with Crippen LogP contribution < -0.4 is 5.32 Å². The van der Waals surface area contributed by atoms with Crippen molar-refractivity contribution in [2.45, 2.75) is 48.8 Å². The standard InChI is InChI=1S/C16H20BrNO3S/c1-16(2,22-13-7-4-11(17)5-8-13)15(21)18-12-6-3-10(9-12)14(19)20/h4-5,7-8,10,12H,3,6,9H2,1-2H3,(H,18,21)(H,19,20)/t10-,12+/m0/s1. The number of carbonyl (C=O) groups excluding carboxylic acids is 1. The number of carboxylic acids is 1. The second-order valence-electron chi connectivity index (χ2n) is 6.08. The summed E-state index contributed by atoms with van der Waals surface area (Å²) in [7, 11) is 0. The number of halogens is 1. The molecule has 2 atom stereocenters. The number of hydrogen-bond acceptors (Lipinski definition) is 3. The van der Waals surface area contributed by atoms with E-state index < -0.39 is 10.7 Å². The van der Waals surface area contributed by atoms with E-state index in [-0.39, 0.29) is 17.9 Å². The minimum Gasteiger partial charge on any atom is -0.481 e. The molecule has 120 valence electrons. The number of carboxylic acid groups (broad SMARTS) is 1. The Morgan fingerprint density at radius 2 is 1.91 bits per heavy atom. The molecule has 0 saturated heterocycles. The normalized spacial score (nSPS) is 21.6. The Morgan fingerprint density at radius 3 is 2.45 bits per heavy atom. The molecule has 0 aliphatic heterocycles. The zero-order chi connectivity index (χ0) is 16.3. The van der Waals surface area contributed by atoms with E-state index in [4.69, 9.17) is 5.11 Å². The van der Waals surface area contributed by atoms with Gasteiger partial charge in [-0.1, -0.05) is 15.9 Å². The van der Waals surface area contributed by atoms with Gasteiger partial charge in [0.2, 0.25) is 5.91 Å². The molecular weight excluding hydrogens is 366 g/mol. The van der Waals surface area contributed by atoms with Crippen molar-refractivity contribution < 1.29 is 14.7 Å². The summed E-state index contributed by atoms with van der Waals surface area (Å²) in [4.78, 5) is 24.5. The molecule has 1 saturated carbocycles. The van der Waals surface area contributed by atoms with Crippen molar-refractivity contribution in [2.75, 3.05) is 0 Å². The lowest BCUT2D eigenvalue weighted by atomic mass is 10.1. The summed E-state index contributed by atoms with van der Waals surface area (Å²) >= 11 is 4.90. The lowest BCUT2D eigenvalue weighted by molar-refractivity contribution is -0.141. The van der Waals surface area contributed by atoms with Crippen LogP contribution in [0, 0.1) is 5.92 Å². The molecule has 2 N–H and O–H groups in total. The molecular formula is C16H20BrNO3S. The van der Waals surface area contributed by atoms with Crippen LogP contribution in [0.25, 0.3) is 0 Å². The number of hydrogen-bond donors (Lipinski definition) is 2. The van der Waals surface area contributed by atoms with E-state index in [9.17, 15) is 9.59 Å². The van der Waals surface area contributed by atoms with E-state index in [0.29, 0.717) is 12.8 Å². The van der Waals surface area contributed by atoms with E-state index in [1.165, 1.54) is 11.8 Å². The van der Waals surface area contributed by atoms with Crippen LogP contribution in [0.5, 0.6) is 0 Å². The summed E-state index contributed by atoms with van der Waals surface area (Å²) in [5.41, 5.74) is 0. The number of aliphatic carboxylic acids is 1. The van der Waals surface area contributed by atoms with Crippen molar-refractivity contribution in [2.24, 2.45) is 5.92 Å². The second kappa shape index (κ2) is 7.04. The lowest BCUT2D eigenvalue weighted by Crippen LogP contribution is -2.44. The predicted octanol–water partition coefficient (Wildman–Crippen LogP) is 3.69. The monoisotopic (exact) mass is 385 g/mol. The Kier molecular flexibility index (Phi) is 5.55. The summed E-state index contributed by atoms with van der Waals surface area (Å²) in [6.07, 6.45) is 1.91. The molecule has 1 aromatic carbocycles. The fourth-order valence-corrected chi connectivity index (χ4v) is 3.82.